The molecule has 1 aromatic carbocycles. The monoisotopic (exact) mass is 490 g/mol. The van der Waals surface area contributed by atoms with Crippen LogP contribution in [0.15, 0.2) is 24.4 Å². The molecule has 0 saturated heterocycles. The van der Waals surface area contributed by atoms with Crippen LogP contribution in [0.2, 0.25) is 0 Å². The van der Waals surface area contributed by atoms with Gasteiger partial charge in [-0.2, -0.15) is 10.4 Å². The first-order chi connectivity index (χ1) is 17.2. The number of benzene rings is 1. The predicted octanol–water partition coefficient (Wildman–Crippen LogP) is 4.73. The minimum atomic E-state index is -0.390. The zero-order valence-corrected chi connectivity index (χ0v) is 21.1. The molecule has 2 N–H and O–H groups in total. The van der Waals surface area contributed by atoms with Crippen molar-refractivity contribution < 1.29 is 14.0 Å². The Hall–Kier alpha value is -3.80. The zero-order valence-electron chi connectivity index (χ0n) is 21.1. The smallest absolute Gasteiger partial charge is 0.234 e. The van der Waals surface area contributed by atoms with Crippen molar-refractivity contribution in [2.24, 2.45) is 13.0 Å². The Labute approximate surface area is 209 Å². The number of amides is 2. The van der Waals surface area contributed by atoms with Crippen LogP contribution in [0.5, 0.6) is 0 Å². The maximum atomic E-state index is 15.0. The number of halogens is 1. The molecule has 0 bridgehead atoms. The van der Waals surface area contributed by atoms with Gasteiger partial charge in [0.05, 0.1) is 6.07 Å². The van der Waals surface area contributed by atoms with Gasteiger partial charge < -0.3 is 10.6 Å². The summed E-state index contributed by atoms with van der Waals surface area (Å²) in [6.07, 6.45) is 4.32. The second-order valence-electron chi connectivity index (χ2n) is 9.85. The quantitative estimate of drug-likeness (QED) is 0.519. The second kappa shape index (κ2) is 10.4. The summed E-state index contributed by atoms with van der Waals surface area (Å²) in [7, 11) is 1.82. The van der Waals surface area contributed by atoms with Gasteiger partial charge in [-0.3, -0.25) is 14.3 Å². The molecule has 3 aromatic rings. The van der Waals surface area contributed by atoms with E-state index in [9.17, 15) is 9.59 Å². The number of carbonyl (C=O) groups excluding carboxylic acids is 2. The number of hydrogen-bond donors (Lipinski definition) is 2. The van der Waals surface area contributed by atoms with E-state index in [2.05, 4.69) is 34.6 Å². The Morgan fingerprint density at radius 2 is 2.06 bits per heavy atom. The Morgan fingerprint density at radius 1 is 1.28 bits per heavy atom. The van der Waals surface area contributed by atoms with Crippen LogP contribution in [-0.2, 0) is 16.6 Å². The fraction of sp³-hybridized carbons (Fsp3) is 0.444. The topological polar surface area (TPSA) is 113 Å². The molecule has 0 radical (unpaired) electrons. The van der Waals surface area contributed by atoms with E-state index in [1.54, 1.807) is 16.9 Å². The van der Waals surface area contributed by atoms with E-state index in [1.807, 2.05) is 26.1 Å². The number of pyridine rings is 1. The van der Waals surface area contributed by atoms with Crippen molar-refractivity contribution in [1.82, 2.24) is 20.1 Å². The number of nitriles is 1. The summed E-state index contributed by atoms with van der Waals surface area (Å²) in [5.74, 6) is -0.563. The van der Waals surface area contributed by atoms with E-state index in [0.29, 0.717) is 23.3 Å². The van der Waals surface area contributed by atoms with Crippen molar-refractivity contribution >= 4 is 28.5 Å². The van der Waals surface area contributed by atoms with Crippen LogP contribution in [0, 0.1) is 30.0 Å². The molecule has 0 spiro atoms. The fourth-order valence-corrected chi connectivity index (χ4v) is 5.16. The lowest BCUT2D eigenvalue weighted by atomic mass is 9.85. The fourth-order valence-electron chi connectivity index (χ4n) is 5.16. The molecule has 1 saturated carbocycles. The van der Waals surface area contributed by atoms with E-state index >= 15 is 4.39 Å². The minimum Gasteiger partial charge on any atom is -0.352 e. The molecule has 2 aromatic heterocycles. The molecule has 0 aliphatic heterocycles. The van der Waals surface area contributed by atoms with Crippen LogP contribution in [0.1, 0.15) is 63.1 Å². The molecule has 1 fully saturated rings. The third-order valence-electron chi connectivity index (χ3n) is 6.80. The molecule has 4 rings (SSSR count). The van der Waals surface area contributed by atoms with Crippen LogP contribution < -0.4 is 10.6 Å². The number of carbonyl (C=O) groups is 2. The number of rotatable bonds is 6. The largest absolute Gasteiger partial charge is 0.352 e. The summed E-state index contributed by atoms with van der Waals surface area (Å²) >= 11 is 0. The maximum Gasteiger partial charge on any atom is 0.234 e. The number of nitrogens with zero attached hydrogens (tertiary/aromatic N) is 4. The molecular weight excluding hydrogens is 459 g/mol. The van der Waals surface area contributed by atoms with Crippen molar-refractivity contribution in [1.29, 1.82) is 5.26 Å². The van der Waals surface area contributed by atoms with E-state index in [0.717, 1.165) is 41.5 Å². The molecule has 2 amide bonds. The van der Waals surface area contributed by atoms with Gasteiger partial charge >= 0.3 is 0 Å². The third-order valence-corrected chi connectivity index (χ3v) is 6.80. The third kappa shape index (κ3) is 5.23. The average Bonchev–Trinajstić information content (AvgIpc) is 3.17. The maximum absolute atomic E-state index is 15.0. The van der Waals surface area contributed by atoms with Gasteiger partial charge in [0.2, 0.25) is 11.8 Å². The first kappa shape index (κ1) is 25.3. The van der Waals surface area contributed by atoms with Crippen LogP contribution >= 0.6 is 0 Å². The van der Waals surface area contributed by atoms with E-state index in [4.69, 9.17) is 5.26 Å². The average molecular weight is 491 g/mol. The Balaban J connectivity index is 1.56. The van der Waals surface area contributed by atoms with Crippen LogP contribution in [0.25, 0.3) is 22.0 Å². The lowest BCUT2D eigenvalue weighted by Gasteiger charge is -2.28. The molecule has 2 unspecified atom stereocenters. The Bertz CT molecular complexity index is 1360. The molecular formula is C27H31FN6O2. The first-order valence-electron chi connectivity index (χ1n) is 12.3. The van der Waals surface area contributed by atoms with Gasteiger partial charge in [0.25, 0.3) is 0 Å². The summed E-state index contributed by atoms with van der Waals surface area (Å²) in [6.45, 7) is 6.01. The summed E-state index contributed by atoms with van der Waals surface area (Å²) in [4.78, 5) is 29.2. The molecule has 36 heavy (non-hydrogen) atoms. The first-order valence-corrected chi connectivity index (χ1v) is 12.3. The van der Waals surface area contributed by atoms with Crippen molar-refractivity contribution in [3.63, 3.8) is 0 Å². The van der Waals surface area contributed by atoms with Gasteiger partial charge in [0.15, 0.2) is 5.82 Å². The second-order valence-corrected chi connectivity index (χ2v) is 9.85. The highest BCUT2D eigenvalue weighted by Crippen LogP contribution is 2.34. The molecule has 1 aliphatic rings. The van der Waals surface area contributed by atoms with Gasteiger partial charge in [0, 0.05) is 36.3 Å². The lowest BCUT2D eigenvalue weighted by Crippen LogP contribution is -2.40. The van der Waals surface area contributed by atoms with Gasteiger partial charge in [0.1, 0.15) is 17.8 Å². The van der Waals surface area contributed by atoms with Crippen molar-refractivity contribution in [3.05, 3.63) is 41.5 Å². The van der Waals surface area contributed by atoms with Crippen molar-refractivity contribution in [2.75, 3.05) is 5.32 Å². The van der Waals surface area contributed by atoms with Crippen molar-refractivity contribution in [3.8, 4) is 17.2 Å². The standard InChI is InChI=1S/C27H31FN6O2/c1-15(2)26-21-11-18(12-22(28)25(21)33-34(26)4)20-13-23(30-14-16(20)3)32-27(36)17-6-5-7-19(10-17)31-24(35)8-9-29/h11-15,17,19H,5-8,10H2,1-4H3,(H,31,35)(H,30,32,36). The van der Waals surface area contributed by atoms with Crippen molar-refractivity contribution in [2.45, 2.75) is 64.8 Å². The summed E-state index contributed by atoms with van der Waals surface area (Å²) in [5.41, 5.74) is 3.64. The van der Waals surface area contributed by atoms with Crippen LogP contribution in [0.3, 0.4) is 0 Å². The van der Waals surface area contributed by atoms with Gasteiger partial charge in [-0.05, 0) is 67.0 Å². The molecule has 188 valence electrons. The molecule has 1 aliphatic carbocycles. The number of anilines is 1. The predicted molar refractivity (Wildman–Crippen MR) is 135 cm³/mol. The molecule has 2 heterocycles. The summed E-state index contributed by atoms with van der Waals surface area (Å²) < 4.78 is 16.8. The van der Waals surface area contributed by atoms with E-state index < -0.39 is 5.82 Å². The SMILES string of the molecule is Cc1cnc(NC(=O)C2CCCC(NC(=O)CC#N)C2)cc1-c1cc(F)c2nn(C)c(C(C)C)c2c1. The number of hydrogen-bond acceptors (Lipinski definition) is 5. The Kier molecular flexibility index (Phi) is 7.34. The van der Waals surface area contributed by atoms with E-state index in [1.165, 1.54) is 6.07 Å². The minimum absolute atomic E-state index is 0.124. The van der Waals surface area contributed by atoms with Gasteiger partial charge in [-0.25, -0.2) is 9.37 Å². The summed E-state index contributed by atoms with van der Waals surface area (Å²) in [6, 6.07) is 6.91. The normalized spacial score (nSPS) is 17.7. The number of fused-ring (bicyclic) bond motifs is 1. The highest BCUT2D eigenvalue weighted by atomic mass is 19.1. The number of aryl methyl sites for hydroxylation is 2. The van der Waals surface area contributed by atoms with Gasteiger partial charge in [-0.15, -0.1) is 0 Å². The number of nitrogens with one attached hydrogen (secondary N) is 2. The zero-order chi connectivity index (χ0) is 26.0. The lowest BCUT2D eigenvalue weighted by molar-refractivity contribution is -0.124. The highest BCUT2D eigenvalue weighted by Gasteiger charge is 2.28. The van der Waals surface area contributed by atoms with Crippen LogP contribution in [-0.4, -0.2) is 32.6 Å². The van der Waals surface area contributed by atoms with E-state index in [-0.39, 0.29) is 36.1 Å². The number of aromatic nitrogens is 3. The Morgan fingerprint density at radius 3 is 2.78 bits per heavy atom. The highest BCUT2D eigenvalue weighted by molar-refractivity contribution is 5.93. The molecule has 9 heteroatoms. The summed E-state index contributed by atoms with van der Waals surface area (Å²) in [5, 5.41) is 19.6. The molecule has 2 atom stereocenters. The van der Waals surface area contributed by atoms with Gasteiger partial charge in [-0.1, -0.05) is 20.3 Å². The van der Waals surface area contributed by atoms with Crippen LogP contribution in [0.4, 0.5) is 10.2 Å². The molecule has 8 nitrogen and oxygen atoms in total.